The largest absolute Gasteiger partial charge is 0.487 e. The molecule has 3 N–H and O–H groups in total. The van der Waals surface area contributed by atoms with Gasteiger partial charge in [-0.2, -0.15) is 0 Å². The van der Waals surface area contributed by atoms with Gasteiger partial charge in [0.1, 0.15) is 11.4 Å². The molecule has 1 amide bonds. The first-order valence-corrected chi connectivity index (χ1v) is 11.5. The standard InChI is InChI=1S/C26H34N2O4/c1-17-4-9-25-22(14-17)23(30)15-26(32-25)10-12-28(13-11-26)16-24(31)21-7-5-20(6-8-21)18(2)27-19(3)29/h4-9,14,18,23-24,30-31H,10-13,15-16H2,1-3H3,(H,27,29)/t18-,23+,24-/m1/s1. The zero-order valence-corrected chi connectivity index (χ0v) is 19.2. The summed E-state index contributed by atoms with van der Waals surface area (Å²) in [5.74, 6) is 0.744. The summed E-state index contributed by atoms with van der Waals surface area (Å²) in [6.07, 6.45) is 1.22. The van der Waals surface area contributed by atoms with Gasteiger partial charge in [-0.15, -0.1) is 0 Å². The van der Waals surface area contributed by atoms with Crippen LogP contribution in [0.1, 0.15) is 73.6 Å². The van der Waals surface area contributed by atoms with Gasteiger partial charge in [0.05, 0.1) is 18.2 Å². The van der Waals surface area contributed by atoms with Gasteiger partial charge in [0, 0.05) is 38.5 Å². The predicted molar refractivity (Wildman–Crippen MR) is 123 cm³/mol. The minimum absolute atomic E-state index is 0.0578. The highest BCUT2D eigenvalue weighted by Gasteiger charge is 2.43. The van der Waals surface area contributed by atoms with E-state index in [4.69, 9.17) is 4.74 Å². The highest BCUT2D eigenvalue weighted by Crippen LogP contribution is 2.44. The zero-order valence-electron chi connectivity index (χ0n) is 19.2. The molecule has 0 saturated carbocycles. The number of benzene rings is 2. The number of fused-ring (bicyclic) bond motifs is 1. The Hall–Kier alpha value is -2.41. The van der Waals surface area contributed by atoms with Gasteiger partial charge in [-0.05, 0) is 49.9 Å². The number of rotatable bonds is 5. The first kappa shape index (κ1) is 22.8. The third-order valence-electron chi connectivity index (χ3n) is 6.86. The highest BCUT2D eigenvalue weighted by atomic mass is 16.5. The Morgan fingerprint density at radius 1 is 1.19 bits per heavy atom. The molecule has 172 valence electrons. The van der Waals surface area contributed by atoms with Crippen molar-refractivity contribution in [1.82, 2.24) is 10.2 Å². The molecule has 2 aromatic carbocycles. The fraction of sp³-hybridized carbons (Fsp3) is 0.500. The first-order chi connectivity index (χ1) is 15.2. The van der Waals surface area contributed by atoms with Crippen LogP contribution in [0.2, 0.25) is 0 Å². The number of likely N-dealkylation sites (tertiary alicyclic amines) is 1. The lowest BCUT2D eigenvalue weighted by Gasteiger charge is -2.46. The van der Waals surface area contributed by atoms with Crippen LogP contribution in [0.4, 0.5) is 0 Å². The summed E-state index contributed by atoms with van der Waals surface area (Å²) in [5, 5.41) is 24.4. The minimum Gasteiger partial charge on any atom is -0.487 e. The van der Waals surface area contributed by atoms with E-state index in [0.29, 0.717) is 13.0 Å². The maximum absolute atomic E-state index is 11.2. The monoisotopic (exact) mass is 438 g/mol. The van der Waals surface area contributed by atoms with Crippen molar-refractivity contribution < 1.29 is 19.7 Å². The number of aryl methyl sites for hydroxylation is 1. The normalized spacial score (nSPS) is 22.0. The molecule has 2 aliphatic heterocycles. The van der Waals surface area contributed by atoms with E-state index in [9.17, 15) is 15.0 Å². The fourth-order valence-corrected chi connectivity index (χ4v) is 4.95. The molecular formula is C26H34N2O4. The number of piperidine rings is 1. The molecule has 0 aromatic heterocycles. The summed E-state index contributed by atoms with van der Waals surface area (Å²) in [6, 6.07) is 13.7. The van der Waals surface area contributed by atoms with Crippen LogP contribution in [0, 0.1) is 6.92 Å². The topological polar surface area (TPSA) is 82.0 Å². The van der Waals surface area contributed by atoms with Crippen LogP contribution in [0.25, 0.3) is 0 Å². The molecule has 6 nitrogen and oxygen atoms in total. The molecule has 4 rings (SSSR count). The third-order valence-corrected chi connectivity index (χ3v) is 6.86. The Bertz CT molecular complexity index is 951. The molecule has 0 bridgehead atoms. The summed E-state index contributed by atoms with van der Waals surface area (Å²) in [7, 11) is 0. The summed E-state index contributed by atoms with van der Waals surface area (Å²) in [4.78, 5) is 13.5. The third kappa shape index (κ3) is 4.98. The van der Waals surface area contributed by atoms with Crippen LogP contribution >= 0.6 is 0 Å². The number of aliphatic hydroxyl groups excluding tert-OH is 2. The number of nitrogens with zero attached hydrogens (tertiary/aromatic N) is 1. The maximum atomic E-state index is 11.2. The molecule has 2 heterocycles. The van der Waals surface area contributed by atoms with Gasteiger partial charge in [-0.25, -0.2) is 0 Å². The van der Waals surface area contributed by atoms with E-state index in [0.717, 1.165) is 53.9 Å². The Balaban J connectivity index is 1.33. The Kier molecular flexibility index (Phi) is 6.56. The van der Waals surface area contributed by atoms with Crippen molar-refractivity contribution in [3.05, 3.63) is 64.7 Å². The molecule has 2 aromatic rings. The predicted octanol–water partition coefficient (Wildman–Crippen LogP) is 3.58. The number of ether oxygens (including phenoxy) is 1. The van der Waals surface area contributed by atoms with Crippen molar-refractivity contribution in [3.8, 4) is 5.75 Å². The van der Waals surface area contributed by atoms with E-state index >= 15 is 0 Å². The van der Waals surface area contributed by atoms with E-state index < -0.39 is 12.2 Å². The molecule has 2 aliphatic rings. The van der Waals surface area contributed by atoms with Crippen LogP contribution in [-0.2, 0) is 4.79 Å². The smallest absolute Gasteiger partial charge is 0.217 e. The van der Waals surface area contributed by atoms with E-state index in [2.05, 4.69) is 10.2 Å². The molecule has 1 fully saturated rings. The van der Waals surface area contributed by atoms with Gasteiger partial charge < -0.3 is 25.2 Å². The van der Waals surface area contributed by atoms with Gasteiger partial charge in [0.15, 0.2) is 0 Å². The molecule has 1 spiro atoms. The molecule has 0 radical (unpaired) electrons. The zero-order chi connectivity index (χ0) is 22.9. The van der Waals surface area contributed by atoms with Crippen molar-refractivity contribution >= 4 is 5.91 Å². The summed E-state index contributed by atoms with van der Waals surface area (Å²) < 4.78 is 6.41. The van der Waals surface area contributed by atoms with Gasteiger partial charge in [0.25, 0.3) is 0 Å². The van der Waals surface area contributed by atoms with Gasteiger partial charge in [-0.1, -0.05) is 35.9 Å². The Morgan fingerprint density at radius 3 is 2.50 bits per heavy atom. The molecule has 6 heteroatoms. The number of amides is 1. The second-order valence-electron chi connectivity index (χ2n) is 9.45. The maximum Gasteiger partial charge on any atom is 0.217 e. The summed E-state index contributed by atoms with van der Waals surface area (Å²) in [5.41, 5.74) is 3.58. The molecule has 0 aliphatic carbocycles. The van der Waals surface area contributed by atoms with Crippen molar-refractivity contribution in [2.24, 2.45) is 0 Å². The van der Waals surface area contributed by atoms with Crippen molar-refractivity contribution in [2.75, 3.05) is 19.6 Å². The Morgan fingerprint density at radius 2 is 1.84 bits per heavy atom. The lowest BCUT2D eigenvalue weighted by molar-refractivity contribution is -0.119. The number of hydrogen-bond donors (Lipinski definition) is 3. The summed E-state index contributed by atoms with van der Waals surface area (Å²) in [6.45, 7) is 7.69. The van der Waals surface area contributed by atoms with E-state index in [1.54, 1.807) is 0 Å². The SMILES string of the molecule is CC(=O)N[C@H](C)c1ccc([C@H](O)CN2CCC3(CC2)C[C@H](O)c2cc(C)ccc2O3)cc1. The number of carbonyl (C=O) groups excluding carboxylic acids is 1. The summed E-state index contributed by atoms with van der Waals surface area (Å²) >= 11 is 0. The average Bonchev–Trinajstić information content (AvgIpc) is 2.76. The second kappa shape index (κ2) is 9.22. The van der Waals surface area contributed by atoms with Crippen molar-refractivity contribution in [1.29, 1.82) is 0 Å². The molecule has 3 atom stereocenters. The number of carbonyl (C=O) groups is 1. The minimum atomic E-state index is -0.573. The van der Waals surface area contributed by atoms with Crippen molar-refractivity contribution in [2.45, 2.75) is 63.9 Å². The molecule has 0 unspecified atom stereocenters. The molecular weight excluding hydrogens is 404 g/mol. The van der Waals surface area contributed by atoms with Crippen LogP contribution in [0.5, 0.6) is 5.75 Å². The Labute approximate surface area is 190 Å². The quantitative estimate of drug-likeness (QED) is 0.665. The van der Waals surface area contributed by atoms with Crippen LogP contribution < -0.4 is 10.1 Å². The molecule has 1 saturated heterocycles. The lowest BCUT2D eigenvalue weighted by atomic mass is 9.81. The number of β-amino-alcohol motifs (C(OH)–C–C–N with tert-alkyl or cyclic N) is 1. The fourth-order valence-electron chi connectivity index (χ4n) is 4.95. The highest BCUT2D eigenvalue weighted by molar-refractivity contribution is 5.73. The second-order valence-corrected chi connectivity index (χ2v) is 9.45. The van der Waals surface area contributed by atoms with E-state index in [1.807, 2.05) is 56.3 Å². The van der Waals surface area contributed by atoms with Crippen LogP contribution in [0.15, 0.2) is 42.5 Å². The molecule has 32 heavy (non-hydrogen) atoms. The van der Waals surface area contributed by atoms with Crippen LogP contribution in [-0.4, -0.2) is 46.3 Å². The first-order valence-electron chi connectivity index (χ1n) is 11.5. The number of hydrogen-bond acceptors (Lipinski definition) is 5. The number of aliphatic hydroxyl groups is 2. The van der Waals surface area contributed by atoms with E-state index in [1.165, 1.54) is 6.92 Å². The number of nitrogens with one attached hydrogen (secondary N) is 1. The van der Waals surface area contributed by atoms with Gasteiger partial charge >= 0.3 is 0 Å². The van der Waals surface area contributed by atoms with Crippen molar-refractivity contribution in [3.63, 3.8) is 0 Å². The average molecular weight is 439 g/mol. The van der Waals surface area contributed by atoms with Crippen LogP contribution in [0.3, 0.4) is 0 Å². The van der Waals surface area contributed by atoms with E-state index in [-0.39, 0.29) is 17.6 Å². The van der Waals surface area contributed by atoms with Gasteiger partial charge in [0.2, 0.25) is 5.91 Å². The lowest BCUT2D eigenvalue weighted by Crippen LogP contribution is -2.51. The van der Waals surface area contributed by atoms with Gasteiger partial charge in [-0.3, -0.25) is 4.79 Å².